The normalized spacial score (nSPS) is 11.0. The van der Waals surface area contributed by atoms with E-state index in [4.69, 9.17) is 4.42 Å². The molecule has 108 valence electrons. The monoisotopic (exact) mass is 301 g/mol. The first-order valence-electron chi connectivity index (χ1n) is 6.50. The summed E-state index contributed by atoms with van der Waals surface area (Å²) >= 11 is 1.57. The molecule has 3 rings (SSSR count). The molecule has 1 N–H and O–H groups in total. The highest BCUT2D eigenvalue weighted by atomic mass is 32.2. The SMILES string of the molecule is CSc1ncc(CNC(=O)c2cc3ccccc3o2)n1C. The minimum atomic E-state index is -0.224. The van der Waals surface area contributed by atoms with Gasteiger partial charge in [0.05, 0.1) is 18.4 Å². The van der Waals surface area contributed by atoms with Crippen molar-refractivity contribution in [3.05, 3.63) is 48.0 Å². The van der Waals surface area contributed by atoms with Crippen LogP contribution in [0, 0.1) is 0 Å². The fraction of sp³-hybridized carbons (Fsp3) is 0.200. The zero-order chi connectivity index (χ0) is 14.8. The predicted molar refractivity (Wildman–Crippen MR) is 82.4 cm³/mol. The summed E-state index contributed by atoms with van der Waals surface area (Å²) in [6, 6.07) is 9.31. The summed E-state index contributed by atoms with van der Waals surface area (Å²) in [5, 5.41) is 4.70. The minimum absolute atomic E-state index is 0.224. The Labute approximate surface area is 126 Å². The molecule has 0 radical (unpaired) electrons. The zero-order valence-electron chi connectivity index (χ0n) is 11.8. The molecule has 0 bridgehead atoms. The van der Waals surface area contributed by atoms with Gasteiger partial charge in [-0.05, 0) is 18.4 Å². The zero-order valence-corrected chi connectivity index (χ0v) is 12.6. The molecule has 0 saturated heterocycles. The number of carbonyl (C=O) groups is 1. The fourth-order valence-electron chi connectivity index (χ4n) is 2.13. The Kier molecular flexibility index (Phi) is 3.70. The first-order valence-corrected chi connectivity index (χ1v) is 7.73. The molecule has 3 aromatic rings. The van der Waals surface area contributed by atoms with Crippen LogP contribution in [0.15, 0.2) is 46.1 Å². The molecular weight excluding hydrogens is 286 g/mol. The number of thioether (sulfide) groups is 1. The van der Waals surface area contributed by atoms with Crippen molar-refractivity contribution in [1.82, 2.24) is 14.9 Å². The van der Waals surface area contributed by atoms with Crippen molar-refractivity contribution in [3.63, 3.8) is 0 Å². The smallest absolute Gasteiger partial charge is 0.287 e. The third-order valence-electron chi connectivity index (χ3n) is 3.30. The van der Waals surface area contributed by atoms with Crippen LogP contribution in [0.2, 0.25) is 0 Å². The topological polar surface area (TPSA) is 60.1 Å². The minimum Gasteiger partial charge on any atom is -0.451 e. The van der Waals surface area contributed by atoms with Gasteiger partial charge in [0.1, 0.15) is 5.58 Å². The van der Waals surface area contributed by atoms with Crippen LogP contribution < -0.4 is 5.32 Å². The molecule has 21 heavy (non-hydrogen) atoms. The van der Waals surface area contributed by atoms with Gasteiger partial charge in [-0.15, -0.1) is 0 Å². The predicted octanol–water partition coefficient (Wildman–Crippen LogP) is 2.82. The van der Waals surface area contributed by atoms with Crippen LogP contribution in [0.5, 0.6) is 0 Å². The van der Waals surface area contributed by atoms with Gasteiger partial charge in [0.2, 0.25) is 0 Å². The number of nitrogens with zero attached hydrogens (tertiary/aromatic N) is 2. The summed E-state index contributed by atoms with van der Waals surface area (Å²) in [6.45, 7) is 0.417. The van der Waals surface area contributed by atoms with Crippen LogP contribution in [0.1, 0.15) is 16.2 Å². The van der Waals surface area contributed by atoms with Gasteiger partial charge in [0.25, 0.3) is 5.91 Å². The molecule has 0 aliphatic heterocycles. The highest BCUT2D eigenvalue weighted by Crippen LogP contribution is 2.19. The summed E-state index contributed by atoms with van der Waals surface area (Å²) in [4.78, 5) is 16.4. The third-order valence-corrected chi connectivity index (χ3v) is 4.05. The lowest BCUT2D eigenvalue weighted by Gasteiger charge is -2.05. The molecule has 0 aliphatic rings. The van der Waals surface area contributed by atoms with Crippen molar-refractivity contribution in [2.75, 3.05) is 6.26 Å². The van der Waals surface area contributed by atoms with E-state index in [0.717, 1.165) is 16.2 Å². The number of aromatic nitrogens is 2. The molecule has 6 heteroatoms. The third kappa shape index (κ3) is 2.67. The molecule has 2 heterocycles. The van der Waals surface area contributed by atoms with Crippen LogP contribution >= 0.6 is 11.8 Å². The van der Waals surface area contributed by atoms with Crippen molar-refractivity contribution in [1.29, 1.82) is 0 Å². The second-order valence-electron chi connectivity index (χ2n) is 4.63. The highest BCUT2D eigenvalue weighted by Gasteiger charge is 2.13. The maximum Gasteiger partial charge on any atom is 0.287 e. The summed E-state index contributed by atoms with van der Waals surface area (Å²) < 4.78 is 7.50. The van der Waals surface area contributed by atoms with Crippen molar-refractivity contribution in [2.45, 2.75) is 11.7 Å². The molecule has 0 fully saturated rings. The molecular formula is C15H15N3O2S. The number of amides is 1. The Hall–Kier alpha value is -2.21. The standard InChI is InChI=1S/C15H15N3O2S/c1-18-11(9-17-15(18)21-2)8-16-14(19)13-7-10-5-3-4-6-12(10)20-13/h3-7,9H,8H2,1-2H3,(H,16,19). The lowest BCUT2D eigenvalue weighted by Crippen LogP contribution is -2.23. The lowest BCUT2D eigenvalue weighted by molar-refractivity contribution is 0.0924. The number of furan rings is 1. The molecule has 1 amide bonds. The van der Waals surface area contributed by atoms with Crippen molar-refractivity contribution >= 4 is 28.6 Å². The van der Waals surface area contributed by atoms with E-state index in [9.17, 15) is 4.79 Å². The van der Waals surface area contributed by atoms with Gasteiger partial charge in [0.15, 0.2) is 10.9 Å². The van der Waals surface area contributed by atoms with E-state index in [2.05, 4.69) is 10.3 Å². The number of benzene rings is 1. The van der Waals surface area contributed by atoms with Gasteiger partial charge in [-0.25, -0.2) is 4.98 Å². The van der Waals surface area contributed by atoms with Crippen LogP contribution in [-0.4, -0.2) is 21.7 Å². The molecule has 0 saturated carbocycles. The maximum atomic E-state index is 12.1. The number of imidazole rings is 1. The van der Waals surface area contributed by atoms with E-state index in [0.29, 0.717) is 17.9 Å². The summed E-state index contributed by atoms with van der Waals surface area (Å²) in [6.07, 6.45) is 3.74. The van der Waals surface area contributed by atoms with E-state index in [-0.39, 0.29) is 5.91 Å². The number of fused-ring (bicyclic) bond motifs is 1. The first-order chi connectivity index (χ1) is 10.2. The lowest BCUT2D eigenvalue weighted by atomic mass is 10.2. The van der Waals surface area contributed by atoms with Crippen LogP contribution in [0.25, 0.3) is 11.0 Å². The van der Waals surface area contributed by atoms with Gasteiger partial charge < -0.3 is 14.3 Å². The highest BCUT2D eigenvalue weighted by molar-refractivity contribution is 7.98. The maximum absolute atomic E-state index is 12.1. The van der Waals surface area contributed by atoms with E-state index in [1.54, 1.807) is 24.0 Å². The van der Waals surface area contributed by atoms with Gasteiger partial charge in [0, 0.05) is 12.4 Å². The Morgan fingerprint density at radius 2 is 2.24 bits per heavy atom. The van der Waals surface area contributed by atoms with Crippen molar-refractivity contribution in [2.24, 2.45) is 7.05 Å². The number of nitrogens with one attached hydrogen (secondary N) is 1. The van der Waals surface area contributed by atoms with E-state index in [1.807, 2.05) is 42.1 Å². The Morgan fingerprint density at radius 3 is 2.95 bits per heavy atom. The number of rotatable bonds is 4. The molecule has 0 unspecified atom stereocenters. The van der Waals surface area contributed by atoms with Crippen molar-refractivity contribution < 1.29 is 9.21 Å². The average molecular weight is 301 g/mol. The molecule has 1 aromatic carbocycles. The van der Waals surface area contributed by atoms with Crippen LogP contribution in [0.3, 0.4) is 0 Å². The second kappa shape index (κ2) is 5.65. The molecule has 0 spiro atoms. The fourth-order valence-corrected chi connectivity index (χ4v) is 2.68. The van der Waals surface area contributed by atoms with Crippen molar-refractivity contribution in [3.8, 4) is 0 Å². The van der Waals surface area contributed by atoms with E-state index in [1.165, 1.54) is 0 Å². The Bertz CT molecular complexity index is 758. The number of hydrogen-bond donors (Lipinski definition) is 1. The average Bonchev–Trinajstić information content (AvgIpc) is 3.08. The molecule has 2 aromatic heterocycles. The van der Waals surface area contributed by atoms with E-state index < -0.39 is 0 Å². The number of hydrogen-bond acceptors (Lipinski definition) is 4. The van der Waals surface area contributed by atoms with E-state index >= 15 is 0 Å². The van der Waals surface area contributed by atoms with Gasteiger partial charge in [-0.3, -0.25) is 4.79 Å². The number of para-hydroxylation sites is 1. The molecule has 0 atom stereocenters. The summed E-state index contributed by atoms with van der Waals surface area (Å²) in [7, 11) is 1.93. The number of carbonyl (C=O) groups excluding carboxylic acids is 1. The van der Waals surface area contributed by atoms with Crippen LogP contribution in [-0.2, 0) is 13.6 Å². The Morgan fingerprint density at radius 1 is 1.43 bits per heavy atom. The Balaban J connectivity index is 1.72. The molecule has 5 nitrogen and oxygen atoms in total. The van der Waals surface area contributed by atoms with Gasteiger partial charge in [-0.1, -0.05) is 30.0 Å². The quantitative estimate of drug-likeness (QED) is 0.753. The second-order valence-corrected chi connectivity index (χ2v) is 5.40. The summed E-state index contributed by atoms with van der Waals surface area (Å²) in [5.74, 6) is 0.0987. The van der Waals surface area contributed by atoms with Gasteiger partial charge in [-0.2, -0.15) is 0 Å². The van der Waals surface area contributed by atoms with Gasteiger partial charge >= 0.3 is 0 Å². The summed E-state index contributed by atoms with van der Waals surface area (Å²) in [5.41, 5.74) is 1.66. The van der Waals surface area contributed by atoms with Crippen LogP contribution in [0.4, 0.5) is 0 Å². The first kappa shape index (κ1) is 13.8. The largest absolute Gasteiger partial charge is 0.451 e. The molecule has 0 aliphatic carbocycles.